The molecular weight excluding hydrogens is 1060 g/mol. The predicted molar refractivity (Wildman–Crippen MR) is 267 cm³/mol. The number of halogens is 6. The first-order valence-corrected chi connectivity index (χ1v) is 23.9. The number of rotatable bonds is 12. The first-order chi connectivity index (χ1) is 37.6. The summed E-state index contributed by atoms with van der Waals surface area (Å²) in [6, 6.07) is 10.4. The van der Waals surface area contributed by atoms with Crippen molar-refractivity contribution in [3.05, 3.63) is 123 Å². The molecule has 4 aliphatic rings. The van der Waals surface area contributed by atoms with Crippen molar-refractivity contribution >= 4 is 29.3 Å². The van der Waals surface area contributed by atoms with Crippen molar-refractivity contribution in [1.29, 1.82) is 0 Å². The zero-order valence-corrected chi connectivity index (χ0v) is 42.1. The van der Waals surface area contributed by atoms with E-state index in [0.717, 1.165) is 24.3 Å². The average molecular weight is 1110 g/mol. The summed E-state index contributed by atoms with van der Waals surface area (Å²) in [6.07, 6.45) is -6.28. The fourth-order valence-electron chi connectivity index (χ4n) is 9.16. The third-order valence-corrected chi connectivity index (χ3v) is 13.1. The second-order valence-electron chi connectivity index (χ2n) is 18.3. The number of methoxy groups -OCH3 is 2. The van der Waals surface area contributed by atoms with Gasteiger partial charge in [0.05, 0.1) is 67.0 Å². The number of ether oxygens (including phenoxy) is 4. The molecule has 29 heteroatoms. The number of benzene rings is 2. The molecule has 8 atom stereocenters. The molecule has 23 nitrogen and oxygen atoms in total. The van der Waals surface area contributed by atoms with Crippen molar-refractivity contribution in [1.82, 2.24) is 40.9 Å². The number of nitrogen functional groups attached to an aromatic ring is 3. The summed E-state index contributed by atoms with van der Waals surface area (Å²) < 4.78 is 114. The van der Waals surface area contributed by atoms with Crippen LogP contribution in [0.25, 0.3) is 22.5 Å². The lowest BCUT2D eigenvalue weighted by atomic mass is 9.88. The standard InChI is InChI=1S/C25H26F3N7O5.C25H25F3N6O5/c1-10-18-21(34-24(30)31-10)25(27,28)20(33-22(18)35-40-9-17-19(37)16(36)8-39-17)12-4-3-11(26)7-13(12)15-6-5-14(29)23(32-15)38-2;1-11-19-22(33-24(29)30-11)25(27,28)21(32-23(19)34-39-10-17-20(36)16(35)9-38-17)13-7-6-12(26)8-14(13)15-4-3-5-18(31-15)37-2/h3-7,16-17,19-20,36-37H,8-9,29H2,1-2H3,(H,33,35)(H2,30,31,34);3-8,16-17,20-21,35-36H,9-10H2,1-2H3,(H,32,34)(H2,29,30,33)/t16?,17?,19?,20-;16?,17?,20?,21-/m00/s1. The summed E-state index contributed by atoms with van der Waals surface area (Å²) in [7, 11) is 2.74. The molecule has 0 spiro atoms. The van der Waals surface area contributed by atoms with Crippen molar-refractivity contribution in [2.45, 2.75) is 74.4 Å². The average Bonchev–Trinajstić information content (AvgIpc) is 3.97. The van der Waals surface area contributed by atoms with E-state index in [2.05, 4.69) is 50.8 Å². The molecule has 418 valence electrons. The number of anilines is 3. The van der Waals surface area contributed by atoms with Crippen LogP contribution >= 0.6 is 0 Å². The van der Waals surface area contributed by atoms with Crippen LogP contribution in [0.4, 0.5) is 43.9 Å². The Morgan fingerprint density at radius 1 is 0.608 bits per heavy atom. The Kier molecular flexibility index (Phi) is 15.9. The third-order valence-electron chi connectivity index (χ3n) is 13.1. The van der Waals surface area contributed by atoms with Gasteiger partial charge in [-0.3, -0.25) is 19.7 Å². The highest BCUT2D eigenvalue weighted by Crippen LogP contribution is 2.51. The minimum atomic E-state index is -3.73. The normalized spacial score (nSPS) is 23.6. The summed E-state index contributed by atoms with van der Waals surface area (Å²) >= 11 is 0. The Morgan fingerprint density at radius 3 is 1.51 bits per heavy atom. The van der Waals surface area contributed by atoms with E-state index >= 15 is 17.6 Å². The number of nitrogens with zero attached hydrogens (tertiary/aromatic N) is 8. The van der Waals surface area contributed by atoms with E-state index in [4.69, 9.17) is 45.8 Å². The van der Waals surface area contributed by atoms with Crippen LogP contribution in [0.2, 0.25) is 0 Å². The maximum atomic E-state index is 16.2. The number of aliphatic hydroxyl groups excluding tert-OH is 4. The maximum absolute atomic E-state index is 16.2. The summed E-state index contributed by atoms with van der Waals surface area (Å²) in [5.74, 6) is -9.59. The SMILES string of the molecule is COc1cccc(-c2cc(F)ccc2[C@@H]2N=C(NOCC3OCC(O)C3O)c3c(C)nc(N)nc3C2(F)F)n1.COc1nc(-c2cc(F)ccc2[C@@H]2N=C(NOCC3OCC(O)C3O)c3c(C)nc(N)nc3C2(F)F)ccc1N. The van der Waals surface area contributed by atoms with Gasteiger partial charge in [-0.1, -0.05) is 18.2 Å². The number of hydroxylamine groups is 2. The number of hydrogen-bond acceptors (Lipinski definition) is 23. The molecule has 0 aliphatic carbocycles. The van der Waals surface area contributed by atoms with E-state index in [1.54, 1.807) is 12.1 Å². The van der Waals surface area contributed by atoms with Crippen LogP contribution in [0.15, 0.2) is 76.7 Å². The van der Waals surface area contributed by atoms with Gasteiger partial charge in [0.2, 0.25) is 23.7 Å². The number of alkyl halides is 4. The molecule has 10 rings (SSSR count). The Morgan fingerprint density at radius 2 is 1.08 bits per heavy atom. The van der Waals surface area contributed by atoms with Gasteiger partial charge < -0.3 is 56.6 Å². The molecule has 4 aromatic heterocycles. The third kappa shape index (κ3) is 11.1. The number of fused-ring (bicyclic) bond motifs is 2. The lowest BCUT2D eigenvalue weighted by molar-refractivity contribution is -0.0502. The van der Waals surface area contributed by atoms with Crippen molar-refractivity contribution < 1.29 is 75.4 Å². The summed E-state index contributed by atoms with van der Waals surface area (Å²) in [5.41, 5.74) is 21.4. The van der Waals surface area contributed by atoms with Crippen LogP contribution in [-0.2, 0) is 31.0 Å². The highest BCUT2D eigenvalue weighted by Gasteiger charge is 2.53. The molecule has 0 amide bonds. The highest BCUT2D eigenvalue weighted by atomic mass is 19.3. The second kappa shape index (κ2) is 22.5. The minimum absolute atomic E-state index is 0.0191. The number of nitrogens with two attached hydrogens (primary N) is 3. The highest BCUT2D eigenvalue weighted by molar-refractivity contribution is 6.02. The van der Waals surface area contributed by atoms with Gasteiger partial charge in [0.1, 0.15) is 84.9 Å². The number of nitrogens with one attached hydrogen (secondary N) is 2. The molecule has 79 heavy (non-hydrogen) atoms. The number of aromatic nitrogens is 6. The van der Waals surface area contributed by atoms with Crippen molar-refractivity contribution in [2.24, 2.45) is 9.98 Å². The molecular formula is C50H51F6N13O10. The molecule has 4 aliphatic heterocycles. The van der Waals surface area contributed by atoms with Crippen LogP contribution in [0.1, 0.15) is 57.1 Å². The monoisotopic (exact) mass is 1110 g/mol. The number of aryl methyl sites for hydroxylation is 2. The van der Waals surface area contributed by atoms with E-state index in [9.17, 15) is 29.2 Å². The predicted octanol–water partition coefficient (Wildman–Crippen LogP) is 3.21. The Labute approximate surface area is 444 Å². The van der Waals surface area contributed by atoms with Crippen LogP contribution in [0, 0.1) is 25.5 Å². The second-order valence-corrected chi connectivity index (χ2v) is 18.3. The van der Waals surface area contributed by atoms with E-state index < -0.39 is 83.6 Å². The fraction of sp³-hybridized carbons (Fsp3) is 0.360. The number of hydrogen-bond donors (Lipinski definition) is 9. The minimum Gasteiger partial charge on any atom is -0.481 e. The molecule has 6 unspecified atom stereocenters. The van der Waals surface area contributed by atoms with Gasteiger partial charge >= 0.3 is 11.8 Å². The van der Waals surface area contributed by atoms with Gasteiger partial charge in [-0.05, 0) is 67.4 Å². The molecule has 2 saturated heterocycles. The van der Waals surface area contributed by atoms with Crippen LogP contribution in [0.5, 0.6) is 11.8 Å². The molecule has 0 bridgehead atoms. The van der Waals surface area contributed by atoms with Gasteiger partial charge in [0.15, 0.2) is 11.7 Å². The zero-order chi connectivity index (χ0) is 56.7. The smallest absolute Gasteiger partial charge is 0.316 e. The lowest BCUT2D eigenvalue weighted by Crippen LogP contribution is -2.41. The Balaban J connectivity index is 0.000000192. The first kappa shape index (κ1) is 55.8. The summed E-state index contributed by atoms with van der Waals surface area (Å²) in [5, 5.41) is 39.4. The maximum Gasteiger partial charge on any atom is 0.316 e. The molecule has 12 N–H and O–H groups in total. The molecule has 0 saturated carbocycles. The van der Waals surface area contributed by atoms with Crippen LogP contribution in [0.3, 0.4) is 0 Å². The molecule has 8 heterocycles. The zero-order valence-electron chi connectivity index (χ0n) is 42.1. The van der Waals surface area contributed by atoms with Crippen molar-refractivity contribution in [2.75, 3.05) is 57.8 Å². The van der Waals surface area contributed by atoms with Gasteiger partial charge in [-0.2, -0.15) is 17.6 Å². The van der Waals surface area contributed by atoms with Crippen LogP contribution < -0.4 is 37.6 Å². The molecule has 0 radical (unpaired) electrons. The Hall–Kier alpha value is -7.90. The largest absolute Gasteiger partial charge is 0.481 e. The van der Waals surface area contributed by atoms with Crippen molar-refractivity contribution in [3.63, 3.8) is 0 Å². The topological polar surface area (TPSA) is 340 Å². The summed E-state index contributed by atoms with van der Waals surface area (Å²) in [4.78, 5) is 43.6. The van der Waals surface area contributed by atoms with Gasteiger partial charge in [0, 0.05) is 17.2 Å². The molecule has 6 aromatic rings. The lowest BCUT2D eigenvalue weighted by Gasteiger charge is -2.32. The fourth-order valence-corrected chi connectivity index (χ4v) is 9.16. The number of amidine groups is 2. The van der Waals surface area contributed by atoms with Gasteiger partial charge in [-0.15, -0.1) is 0 Å². The van der Waals surface area contributed by atoms with E-state index in [0.29, 0.717) is 0 Å². The number of pyridine rings is 2. The van der Waals surface area contributed by atoms with Gasteiger partial charge in [0.25, 0.3) is 0 Å². The number of aliphatic hydroxyl groups is 4. The summed E-state index contributed by atoms with van der Waals surface area (Å²) in [6.45, 7) is 2.27. The quantitative estimate of drug-likeness (QED) is 0.0627. The van der Waals surface area contributed by atoms with E-state index in [-0.39, 0.29) is 124 Å². The first-order valence-electron chi connectivity index (χ1n) is 23.9. The number of aliphatic imine (C=N–C) groups is 2. The van der Waals surface area contributed by atoms with E-state index in [1.165, 1.54) is 58.4 Å². The van der Waals surface area contributed by atoms with E-state index in [1.807, 2.05) is 0 Å². The molecule has 2 aromatic carbocycles. The van der Waals surface area contributed by atoms with Crippen LogP contribution in [-0.4, -0.2) is 139 Å². The molecule has 2 fully saturated rings. The van der Waals surface area contributed by atoms with Gasteiger partial charge in [-0.25, -0.2) is 49.6 Å². The Bertz CT molecular complexity index is 3330. The van der Waals surface area contributed by atoms with Crippen molar-refractivity contribution in [3.8, 4) is 34.3 Å².